The molecule has 3 N–H and O–H groups in total. The van der Waals surface area contributed by atoms with Gasteiger partial charge in [0.15, 0.2) is 5.75 Å². The lowest BCUT2D eigenvalue weighted by Crippen LogP contribution is -2.32. The number of rotatable bonds is 7. The van der Waals surface area contributed by atoms with Gasteiger partial charge in [0.1, 0.15) is 0 Å². The fourth-order valence-electron chi connectivity index (χ4n) is 2.68. The van der Waals surface area contributed by atoms with Gasteiger partial charge in [0, 0.05) is 11.6 Å². The fraction of sp³-hybridized carbons (Fsp3) is 0.0833. The molecule has 30 heavy (non-hydrogen) atoms. The summed E-state index contributed by atoms with van der Waals surface area (Å²) in [5, 5.41) is 4.06. The van der Waals surface area contributed by atoms with Gasteiger partial charge >= 0.3 is 0 Å². The van der Waals surface area contributed by atoms with E-state index in [1.165, 1.54) is 11.1 Å². The van der Waals surface area contributed by atoms with Gasteiger partial charge in [0.05, 0.1) is 17.9 Å². The van der Waals surface area contributed by atoms with Crippen LogP contribution in [0.1, 0.15) is 22.8 Å². The summed E-state index contributed by atoms with van der Waals surface area (Å²) in [7, 11) is 0. The van der Waals surface area contributed by atoms with E-state index in [-0.39, 0.29) is 11.8 Å². The highest BCUT2D eigenvalue weighted by Gasteiger charge is 2.11. The summed E-state index contributed by atoms with van der Waals surface area (Å²) in [5.74, 6) is 0.0613. The van der Waals surface area contributed by atoms with Crippen LogP contribution in [0.3, 0.4) is 0 Å². The van der Waals surface area contributed by atoms with Crippen molar-refractivity contribution in [2.45, 2.75) is 6.92 Å². The first kappa shape index (κ1) is 20.7. The van der Waals surface area contributed by atoms with E-state index >= 15 is 0 Å². The summed E-state index contributed by atoms with van der Waals surface area (Å²) in [6.07, 6.45) is 3.11. The Morgan fingerprint density at radius 3 is 2.30 bits per heavy atom. The zero-order valence-corrected chi connectivity index (χ0v) is 16.6. The van der Waals surface area contributed by atoms with Crippen LogP contribution in [-0.2, 0) is 4.79 Å². The number of nitrogens with zero attached hydrogens (tertiary/aromatic N) is 1. The first-order valence-electron chi connectivity index (χ1n) is 9.55. The molecule has 0 bridgehead atoms. The molecule has 0 aromatic heterocycles. The number of hydrogen-bond donors (Lipinski definition) is 2. The average Bonchev–Trinajstić information content (AvgIpc) is 2.78. The highest BCUT2D eigenvalue weighted by atomic mass is 16.7. The molecule has 0 aliphatic carbocycles. The normalized spacial score (nSPS) is 10.6. The van der Waals surface area contributed by atoms with Crippen LogP contribution in [0.4, 0.5) is 11.4 Å². The molecule has 0 fully saturated rings. The molecular formula is C24H23N3O3. The van der Waals surface area contributed by atoms with Gasteiger partial charge in [-0.3, -0.25) is 9.59 Å². The Morgan fingerprint density at radius 2 is 1.63 bits per heavy atom. The maximum Gasteiger partial charge on any atom is 0.279 e. The van der Waals surface area contributed by atoms with Gasteiger partial charge in [-0.05, 0) is 55.0 Å². The van der Waals surface area contributed by atoms with Crippen molar-refractivity contribution in [2.24, 2.45) is 0 Å². The molecule has 152 valence electrons. The number of nitrogens with one attached hydrogen (secondary N) is 1. The number of nitrogens with two attached hydrogens (primary N) is 1. The standard InChI is InChI=1S/C24H23N3O3/c1-2-27(30-20-8-4-3-5-9-20)23(28)17-14-18-12-15-19(16-13-18)24(29)26-22-11-7-6-10-21(22)25/h3-17H,2,25H2,1H3,(H,26,29). The smallest absolute Gasteiger partial charge is 0.279 e. The number of amides is 2. The number of hydrogen-bond acceptors (Lipinski definition) is 4. The second-order valence-corrected chi connectivity index (χ2v) is 6.43. The van der Waals surface area contributed by atoms with Gasteiger partial charge in [0.2, 0.25) is 0 Å². The maximum atomic E-state index is 12.4. The first-order valence-corrected chi connectivity index (χ1v) is 9.55. The molecule has 0 aliphatic rings. The van der Waals surface area contributed by atoms with E-state index in [9.17, 15) is 9.59 Å². The van der Waals surface area contributed by atoms with E-state index in [4.69, 9.17) is 10.6 Å². The Bertz CT molecular complexity index is 1030. The molecule has 6 nitrogen and oxygen atoms in total. The highest BCUT2D eigenvalue weighted by Crippen LogP contribution is 2.18. The summed E-state index contributed by atoms with van der Waals surface area (Å²) < 4.78 is 0. The molecule has 0 saturated carbocycles. The average molecular weight is 401 g/mol. The molecule has 2 amide bonds. The largest absolute Gasteiger partial charge is 0.397 e. The lowest BCUT2D eigenvalue weighted by atomic mass is 10.1. The van der Waals surface area contributed by atoms with Gasteiger partial charge in [0.25, 0.3) is 11.8 Å². The van der Waals surface area contributed by atoms with E-state index in [1.807, 2.05) is 25.1 Å². The van der Waals surface area contributed by atoms with Gasteiger partial charge in [-0.1, -0.05) is 42.5 Å². The molecule has 0 atom stereocenters. The lowest BCUT2D eigenvalue weighted by Gasteiger charge is -2.19. The fourth-order valence-corrected chi connectivity index (χ4v) is 2.68. The molecular weight excluding hydrogens is 378 g/mol. The molecule has 6 heteroatoms. The zero-order chi connectivity index (χ0) is 21.3. The lowest BCUT2D eigenvalue weighted by molar-refractivity contribution is -0.150. The quantitative estimate of drug-likeness (QED) is 0.350. The number of carbonyl (C=O) groups excluding carboxylic acids is 2. The van der Waals surface area contributed by atoms with E-state index in [2.05, 4.69) is 5.32 Å². The molecule has 0 spiro atoms. The molecule has 0 heterocycles. The van der Waals surface area contributed by atoms with Crippen LogP contribution in [-0.4, -0.2) is 23.4 Å². The van der Waals surface area contributed by atoms with Crippen LogP contribution in [0.2, 0.25) is 0 Å². The minimum absolute atomic E-state index is 0.257. The number of nitrogen functional groups attached to an aromatic ring is 1. The molecule has 3 rings (SSSR count). The molecule has 3 aromatic rings. The van der Waals surface area contributed by atoms with Gasteiger partial charge in [-0.15, -0.1) is 0 Å². The number of carbonyl (C=O) groups is 2. The van der Waals surface area contributed by atoms with Gasteiger partial charge < -0.3 is 15.9 Å². The van der Waals surface area contributed by atoms with Crippen LogP contribution >= 0.6 is 0 Å². The van der Waals surface area contributed by atoms with Crippen LogP contribution in [0.25, 0.3) is 6.08 Å². The SMILES string of the molecule is CCN(Oc1ccccc1)C(=O)C=Cc1ccc(C(=O)Nc2ccccc2N)cc1. The second kappa shape index (κ2) is 9.93. The van der Waals surface area contributed by atoms with Crippen molar-refractivity contribution in [1.29, 1.82) is 0 Å². The van der Waals surface area contributed by atoms with E-state index in [0.717, 1.165) is 5.56 Å². The molecule has 0 radical (unpaired) electrons. The minimum atomic E-state index is -0.275. The van der Waals surface area contributed by atoms with Gasteiger partial charge in [-0.2, -0.15) is 5.06 Å². The summed E-state index contributed by atoms with van der Waals surface area (Å²) >= 11 is 0. The van der Waals surface area contributed by atoms with Crippen molar-refractivity contribution in [3.63, 3.8) is 0 Å². The predicted molar refractivity (Wildman–Crippen MR) is 119 cm³/mol. The Kier molecular flexibility index (Phi) is 6.84. The van der Waals surface area contributed by atoms with E-state index in [1.54, 1.807) is 66.7 Å². The van der Waals surface area contributed by atoms with Crippen molar-refractivity contribution in [1.82, 2.24) is 5.06 Å². The van der Waals surface area contributed by atoms with Crippen molar-refractivity contribution >= 4 is 29.3 Å². The first-order chi connectivity index (χ1) is 14.6. The predicted octanol–water partition coefficient (Wildman–Crippen LogP) is 4.38. The number of hydroxylamine groups is 2. The molecule has 0 aliphatic heterocycles. The van der Waals surface area contributed by atoms with Crippen molar-refractivity contribution in [3.05, 3.63) is 96.1 Å². The van der Waals surface area contributed by atoms with Crippen LogP contribution in [0, 0.1) is 0 Å². The minimum Gasteiger partial charge on any atom is -0.397 e. The zero-order valence-electron chi connectivity index (χ0n) is 16.6. The highest BCUT2D eigenvalue weighted by molar-refractivity contribution is 6.05. The maximum absolute atomic E-state index is 12.4. The van der Waals surface area contributed by atoms with Crippen molar-refractivity contribution < 1.29 is 14.4 Å². The van der Waals surface area contributed by atoms with E-state index < -0.39 is 0 Å². The second-order valence-electron chi connectivity index (χ2n) is 6.43. The Morgan fingerprint density at radius 1 is 0.967 bits per heavy atom. The van der Waals surface area contributed by atoms with Crippen molar-refractivity contribution in [3.8, 4) is 5.75 Å². The monoisotopic (exact) mass is 401 g/mol. The molecule has 0 unspecified atom stereocenters. The Hall–Kier alpha value is -4.06. The van der Waals surface area contributed by atoms with Crippen LogP contribution in [0.15, 0.2) is 84.9 Å². The number of benzene rings is 3. The van der Waals surface area contributed by atoms with Crippen LogP contribution in [0.5, 0.6) is 5.75 Å². The summed E-state index contributed by atoms with van der Waals surface area (Å²) in [6, 6.07) is 23.1. The number of para-hydroxylation sites is 3. The summed E-state index contributed by atoms with van der Waals surface area (Å²) in [6.45, 7) is 2.24. The van der Waals surface area contributed by atoms with Gasteiger partial charge in [-0.25, -0.2) is 0 Å². The third-order valence-electron chi connectivity index (χ3n) is 4.29. The Balaban J connectivity index is 1.61. The molecule has 0 saturated heterocycles. The molecule has 3 aromatic carbocycles. The van der Waals surface area contributed by atoms with E-state index in [0.29, 0.717) is 29.2 Å². The number of anilines is 2. The third-order valence-corrected chi connectivity index (χ3v) is 4.29. The third kappa shape index (κ3) is 5.48. The summed E-state index contributed by atoms with van der Waals surface area (Å²) in [4.78, 5) is 30.4. The summed E-state index contributed by atoms with van der Waals surface area (Å²) in [5.41, 5.74) is 8.20. The number of likely N-dealkylation sites (N-methyl/N-ethyl adjacent to an activating group) is 1. The van der Waals surface area contributed by atoms with Crippen LogP contribution < -0.4 is 15.9 Å². The topological polar surface area (TPSA) is 84.7 Å². The Labute approximate surface area is 175 Å². The van der Waals surface area contributed by atoms with Crippen molar-refractivity contribution in [2.75, 3.05) is 17.6 Å².